The minimum Gasteiger partial charge on any atom is -0.467 e. The lowest BCUT2D eigenvalue weighted by molar-refractivity contribution is -0.152. The molecular formula is C27H48N4O5. The molecule has 2 saturated heterocycles. The van der Waals surface area contributed by atoms with E-state index in [1.54, 1.807) is 16.8 Å². The Morgan fingerprint density at radius 1 is 1.00 bits per heavy atom. The largest absolute Gasteiger partial charge is 0.467 e. The number of likely N-dealkylation sites (tertiary alicyclic amines) is 2. The number of carbonyl (C=O) groups is 4. The van der Waals surface area contributed by atoms with Crippen molar-refractivity contribution in [1.82, 2.24) is 20.0 Å². The lowest BCUT2D eigenvalue weighted by Crippen LogP contribution is -2.55. The Morgan fingerprint density at radius 2 is 1.58 bits per heavy atom. The molecule has 0 bridgehead atoms. The van der Waals surface area contributed by atoms with Gasteiger partial charge in [-0.25, -0.2) is 4.79 Å². The molecule has 3 amide bonds. The Labute approximate surface area is 217 Å². The maximum absolute atomic E-state index is 13.4. The monoisotopic (exact) mass is 508 g/mol. The predicted octanol–water partition coefficient (Wildman–Crippen LogP) is 2.43. The summed E-state index contributed by atoms with van der Waals surface area (Å²) in [5.74, 6) is -0.391. The number of amides is 3. The van der Waals surface area contributed by atoms with E-state index in [0.29, 0.717) is 19.5 Å². The van der Waals surface area contributed by atoms with Crippen LogP contribution in [0.4, 0.5) is 0 Å². The van der Waals surface area contributed by atoms with E-state index in [1.165, 1.54) is 7.11 Å². The van der Waals surface area contributed by atoms with Crippen LogP contribution in [-0.2, 0) is 23.9 Å². The van der Waals surface area contributed by atoms with Gasteiger partial charge in [0.1, 0.15) is 6.04 Å². The van der Waals surface area contributed by atoms with E-state index < -0.39 is 11.5 Å². The molecule has 2 heterocycles. The summed E-state index contributed by atoms with van der Waals surface area (Å²) in [5, 5.41) is 2.88. The number of hydrogen-bond acceptors (Lipinski definition) is 6. The third kappa shape index (κ3) is 6.58. The predicted molar refractivity (Wildman–Crippen MR) is 139 cm³/mol. The SMILES string of the molecule is CCC(CC)(CC)C(=O)NCC(=O)N(C)[C@H](CN1CCC[C@H]1C(=O)N1CCCC1C(=O)OC)C(C)C. The molecule has 0 aromatic rings. The van der Waals surface area contributed by atoms with Crippen LogP contribution in [-0.4, -0.2) is 96.9 Å². The van der Waals surface area contributed by atoms with Crippen molar-refractivity contribution in [2.24, 2.45) is 11.3 Å². The van der Waals surface area contributed by atoms with Crippen molar-refractivity contribution < 1.29 is 23.9 Å². The zero-order chi connectivity index (χ0) is 27.0. The van der Waals surface area contributed by atoms with Gasteiger partial charge in [0, 0.05) is 31.6 Å². The van der Waals surface area contributed by atoms with E-state index in [0.717, 1.165) is 45.1 Å². The van der Waals surface area contributed by atoms with Crippen molar-refractivity contribution in [1.29, 1.82) is 0 Å². The molecule has 0 spiro atoms. The fourth-order valence-electron chi connectivity index (χ4n) is 5.83. The Kier molecular flexibility index (Phi) is 11.2. The Balaban J connectivity index is 2.05. The van der Waals surface area contributed by atoms with Gasteiger partial charge in [0.05, 0.1) is 19.7 Å². The number of ether oxygens (including phenoxy) is 1. The van der Waals surface area contributed by atoms with Crippen LogP contribution in [0, 0.1) is 11.3 Å². The molecule has 2 aliphatic heterocycles. The first-order valence-corrected chi connectivity index (χ1v) is 13.7. The molecule has 1 unspecified atom stereocenters. The highest BCUT2D eigenvalue weighted by atomic mass is 16.5. The van der Waals surface area contributed by atoms with Crippen LogP contribution in [0.1, 0.15) is 79.6 Å². The van der Waals surface area contributed by atoms with E-state index in [1.807, 2.05) is 20.8 Å². The molecule has 36 heavy (non-hydrogen) atoms. The summed E-state index contributed by atoms with van der Waals surface area (Å²) in [6.45, 7) is 12.1. The molecule has 3 atom stereocenters. The minimum atomic E-state index is -0.500. The van der Waals surface area contributed by atoms with Crippen LogP contribution < -0.4 is 5.32 Å². The summed E-state index contributed by atoms with van der Waals surface area (Å²) >= 11 is 0. The van der Waals surface area contributed by atoms with E-state index >= 15 is 0 Å². The molecule has 2 aliphatic rings. The van der Waals surface area contributed by atoms with Gasteiger partial charge in [-0.05, 0) is 57.4 Å². The van der Waals surface area contributed by atoms with Gasteiger partial charge < -0.3 is 19.9 Å². The van der Waals surface area contributed by atoms with Crippen LogP contribution >= 0.6 is 0 Å². The highest BCUT2D eigenvalue weighted by Gasteiger charge is 2.42. The first-order chi connectivity index (χ1) is 17.1. The Hall–Kier alpha value is -2.16. The second-order valence-corrected chi connectivity index (χ2v) is 10.7. The smallest absolute Gasteiger partial charge is 0.328 e. The summed E-state index contributed by atoms with van der Waals surface area (Å²) in [4.78, 5) is 57.2. The topological polar surface area (TPSA) is 99.3 Å². The molecule has 0 radical (unpaired) electrons. The summed E-state index contributed by atoms with van der Waals surface area (Å²) < 4.78 is 4.92. The molecule has 9 nitrogen and oxygen atoms in total. The molecular weight excluding hydrogens is 460 g/mol. The van der Waals surface area contributed by atoms with Crippen molar-refractivity contribution in [3.8, 4) is 0 Å². The summed E-state index contributed by atoms with van der Waals surface area (Å²) in [6, 6.07) is -0.898. The Bertz CT molecular complexity index is 774. The number of nitrogens with one attached hydrogen (secondary N) is 1. The highest BCUT2D eigenvalue weighted by molar-refractivity contribution is 5.89. The molecule has 0 aromatic heterocycles. The van der Waals surface area contributed by atoms with Gasteiger partial charge in [-0.1, -0.05) is 34.6 Å². The van der Waals surface area contributed by atoms with E-state index in [-0.39, 0.29) is 48.2 Å². The van der Waals surface area contributed by atoms with Crippen LogP contribution in [0.15, 0.2) is 0 Å². The number of rotatable bonds is 12. The van der Waals surface area contributed by atoms with E-state index in [2.05, 4.69) is 24.1 Å². The molecule has 2 rings (SSSR count). The minimum absolute atomic E-state index is 0.0146. The second-order valence-electron chi connectivity index (χ2n) is 10.7. The third-order valence-corrected chi connectivity index (χ3v) is 8.65. The summed E-state index contributed by atoms with van der Waals surface area (Å²) in [7, 11) is 3.15. The number of methoxy groups -OCH3 is 1. The maximum Gasteiger partial charge on any atom is 0.328 e. The van der Waals surface area contributed by atoms with Gasteiger partial charge >= 0.3 is 5.97 Å². The summed E-state index contributed by atoms with van der Waals surface area (Å²) in [6.07, 6.45) is 5.30. The third-order valence-electron chi connectivity index (χ3n) is 8.65. The van der Waals surface area contributed by atoms with Crippen molar-refractivity contribution in [2.75, 3.05) is 40.3 Å². The van der Waals surface area contributed by atoms with Gasteiger partial charge in [-0.15, -0.1) is 0 Å². The average Bonchev–Trinajstić information content (AvgIpc) is 3.55. The average molecular weight is 509 g/mol. The standard InChI is InChI=1S/C27H48N4O5/c1-8-27(9-2,10-3)26(35)28-17-23(32)29(6)22(19(4)5)18-30-15-11-13-20(30)24(33)31-16-12-14-21(31)25(34)36-7/h19-22H,8-18H2,1-7H3,(H,28,35)/t20-,21?,22+/m0/s1. The van der Waals surface area contributed by atoms with E-state index in [9.17, 15) is 19.2 Å². The number of esters is 1. The zero-order valence-corrected chi connectivity index (χ0v) is 23.5. The van der Waals surface area contributed by atoms with Gasteiger partial charge in [0.15, 0.2) is 0 Å². The first-order valence-electron chi connectivity index (χ1n) is 13.7. The molecule has 0 aromatic carbocycles. The fourth-order valence-corrected chi connectivity index (χ4v) is 5.83. The van der Waals surface area contributed by atoms with Crippen molar-refractivity contribution >= 4 is 23.7 Å². The summed E-state index contributed by atoms with van der Waals surface area (Å²) in [5.41, 5.74) is -0.433. The van der Waals surface area contributed by atoms with Crippen molar-refractivity contribution in [2.45, 2.75) is 97.7 Å². The van der Waals surface area contributed by atoms with Gasteiger partial charge in [-0.3, -0.25) is 19.3 Å². The molecule has 1 N–H and O–H groups in total. The quantitative estimate of drug-likeness (QED) is 0.407. The van der Waals surface area contributed by atoms with Gasteiger partial charge in [0.25, 0.3) is 0 Å². The molecule has 0 aliphatic carbocycles. The number of likely N-dealkylation sites (N-methyl/N-ethyl adjacent to an activating group) is 1. The van der Waals surface area contributed by atoms with Crippen LogP contribution in [0.2, 0.25) is 0 Å². The van der Waals surface area contributed by atoms with Crippen LogP contribution in [0.5, 0.6) is 0 Å². The van der Waals surface area contributed by atoms with Crippen molar-refractivity contribution in [3.63, 3.8) is 0 Å². The molecule has 0 saturated carbocycles. The zero-order valence-electron chi connectivity index (χ0n) is 23.5. The fraction of sp³-hybridized carbons (Fsp3) is 0.852. The van der Waals surface area contributed by atoms with Crippen LogP contribution in [0.25, 0.3) is 0 Å². The number of carbonyl (C=O) groups excluding carboxylic acids is 4. The number of hydrogen-bond donors (Lipinski definition) is 1. The molecule has 9 heteroatoms. The van der Waals surface area contributed by atoms with Crippen molar-refractivity contribution in [3.05, 3.63) is 0 Å². The highest BCUT2D eigenvalue weighted by Crippen LogP contribution is 2.30. The number of nitrogens with zero attached hydrogens (tertiary/aromatic N) is 3. The maximum atomic E-state index is 13.4. The lowest BCUT2D eigenvalue weighted by Gasteiger charge is -2.37. The Morgan fingerprint density at radius 3 is 2.14 bits per heavy atom. The second kappa shape index (κ2) is 13.4. The molecule has 206 valence electrons. The first kappa shape index (κ1) is 30.1. The van der Waals surface area contributed by atoms with E-state index in [4.69, 9.17) is 4.74 Å². The normalized spacial score (nSPS) is 21.5. The van der Waals surface area contributed by atoms with Crippen LogP contribution in [0.3, 0.4) is 0 Å². The molecule has 2 fully saturated rings. The van der Waals surface area contributed by atoms with Gasteiger partial charge in [-0.2, -0.15) is 0 Å². The van der Waals surface area contributed by atoms with Gasteiger partial charge in [0.2, 0.25) is 17.7 Å². The lowest BCUT2D eigenvalue weighted by atomic mass is 9.79.